The Kier molecular flexibility index (Phi) is 6.84. The van der Waals surface area contributed by atoms with Crippen molar-refractivity contribution in [1.29, 1.82) is 0 Å². The van der Waals surface area contributed by atoms with E-state index in [9.17, 15) is 14.7 Å². The number of aliphatic carboxylic acids is 1. The van der Waals surface area contributed by atoms with Gasteiger partial charge in [-0.2, -0.15) is 0 Å². The highest BCUT2D eigenvalue weighted by molar-refractivity contribution is 5.89. The first-order chi connectivity index (χ1) is 15.5. The van der Waals surface area contributed by atoms with Crippen molar-refractivity contribution in [2.45, 2.75) is 44.2 Å². The van der Waals surface area contributed by atoms with Crippen molar-refractivity contribution in [3.8, 4) is 11.5 Å². The fourth-order valence-corrected chi connectivity index (χ4v) is 5.92. The number of hydrogen-bond acceptors (Lipinski definition) is 5. The molecule has 7 nitrogen and oxygen atoms in total. The van der Waals surface area contributed by atoms with Gasteiger partial charge in [0.2, 0.25) is 5.91 Å². The number of rotatable bonds is 3. The number of carbonyl (C=O) groups is 2. The van der Waals surface area contributed by atoms with Crippen LogP contribution in [0, 0.1) is 11.8 Å². The van der Waals surface area contributed by atoms with E-state index in [0.29, 0.717) is 17.4 Å². The van der Waals surface area contributed by atoms with E-state index in [1.165, 1.54) is 58.0 Å². The van der Waals surface area contributed by atoms with Gasteiger partial charge in [0.25, 0.3) is 0 Å². The predicted octanol–water partition coefficient (Wildman–Crippen LogP) is 3.15. The Morgan fingerprint density at radius 1 is 1.22 bits per heavy atom. The molecular weight excluding hydrogens is 408 g/mol. The van der Waals surface area contributed by atoms with Crippen LogP contribution in [0.3, 0.4) is 0 Å². The molecule has 1 aromatic carbocycles. The Morgan fingerprint density at radius 3 is 2.75 bits per heavy atom. The second kappa shape index (κ2) is 9.77. The van der Waals surface area contributed by atoms with Gasteiger partial charge in [0, 0.05) is 24.7 Å². The summed E-state index contributed by atoms with van der Waals surface area (Å²) in [6, 6.07) is 5.88. The van der Waals surface area contributed by atoms with E-state index in [-0.39, 0.29) is 11.7 Å². The molecule has 4 aliphatic rings. The van der Waals surface area contributed by atoms with Crippen molar-refractivity contribution in [3.63, 3.8) is 0 Å². The smallest absolute Gasteiger partial charge is 0.328 e. The quantitative estimate of drug-likeness (QED) is 0.702. The summed E-state index contributed by atoms with van der Waals surface area (Å²) in [6.45, 7) is 3.62. The first-order valence-electron chi connectivity index (χ1n) is 11.5. The van der Waals surface area contributed by atoms with Crippen LogP contribution in [-0.2, 0) is 9.59 Å². The molecule has 0 aromatic heterocycles. The Balaban J connectivity index is 0.000000159. The van der Waals surface area contributed by atoms with E-state index >= 15 is 0 Å². The molecule has 7 heteroatoms. The molecule has 0 saturated carbocycles. The Labute approximate surface area is 189 Å². The van der Waals surface area contributed by atoms with Crippen molar-refractivity contribution in [1.82, 2.24) is 9.80 Å². The summed E-state index contributed by atoms with van der Waals surface area (Å²) >= 11 is 0. The molecule has 0 radical (unpaired) electrons. The molecule has 4 heterocycles. The van der Waals surface area contributed by atoms with Crippen LogP contribution in [0.15, 0.2) is 36.4 Å². The minimum Gasteiger partial charge on any atom is -0.504 e. The third-order valence-electron chi connectivity index (χ3n) is 7.22. The summed E-state index contributed by atoms with van der Waals surface area (Å²) in [5, 5.41) is 17.6. The number of fused-ring (bicyclic) bond motifs is 2. The molecule has 3 saturated heterocycles. The number of amides is 1. The normalized spacial score (nSPS) is 29.0. The van der Waals surface area contributed by atoms with E-state index in [4.69, 9.17) is 9.84 Å². The summed E-state index contributed by atoms with van der Waals surface area (Å²) < 4.78 is 4.86. The topological polar surface area (TPSA) is 90.3 Å². The van der Waals surface area contributed by atoms with Gasteiger partial charge in [0.05, 0.1) is 7.11 Å². The zero-order valence-electron chi connectivity index (χ0n) is 18.5. The zero-order valence-corrected chi connectivity index (χ0v) is 18.5. The molecule has 4 atom stereocenters. The molecule has 1 aromatic rings. The van der Waals surface area contributed by atoms with Gasteiger partial charge in [-0.3, -0.25) is 9.69 Å². The van der Waals surface area contributed by atoms with E-state index < -0.39 is 5.97 Å². The van der Waals surface area contributed by atoms with E-state index in [1.54, 1.807) is 18.2 Å². The Morgan fingerprint density at radius 2 is 2.00 bits per heavy atom. The van der Waals surface area contributed by atoms with Crippen LogP contribution in [0.25, 0.3) is 6.08 Å². The number of nitrogens with zero attached hydrogens (tertiary/aromatic N) is 2. The van der Waals surface area contributed by atoms with Gasteiger partial charge in [-0.15, -0.1) is 0 Å². The van der Waals surface area contributed by atoms with E-state index in [2.05, 4.69) is 15.9 Å². The van der Waals surface area contributed by atoms with Crippen LogP contribution in [0.1, 0.15) is 37.7 Å². The third kappa shape index (κ3) is 4.67. The maximum absolute atomic E-state index is 12.1. The van der Waals surface area contributed by atoms with Crippen molar-refractivity contribution in [2.75, 3.05) is 26.7 Å². The van der Waals surface area contributed by atoms with Crippen LogP contribution in [0.5, 0.6) is 11.5 Å². The molecule has 0 bridgehead atoms. The van der Waals surface area contributed by atoms with Crippen LogP contribution < -0.4 is 4.74 Å². The zero-order chi connectivity index (χ0) is 22.7. The lowest BCUT2D eigenvalue weighted by molar-refractivity contribution is -0.141. The summed E-state index contributed by atoms with van der Waals surface area (Å²) in [4.78, 5) is 27.2. The standard InChI is InChI=1S/C15H22N2O.C10H10O4/c18-14-7-1-6-13-12-5-3-9-16-8-2-4-11(15(12)16)10-17(13)14;1-14-9-6-7(2-4-8(9)11)3-5-10(12)13/h1,7,11-13,15H,2-6,8-10H2;2-6,11H,1H3,(H,12,13)/b;5-3+/t11-,12+,13+,15-;/m0./s1. The number of carbonyl (C=O) groups excluding carboxylic acids is 1. The number of phenols is 1. The van der Waals surface area contributed by atoms with Crippen molar-refractivity contribution >= 4 is 18.0 Å². The van der Waals surface area contributed by atoms with Gasteiger partial charge in [-0.05, 0) is 86.9 Å². The number of carboxylic acids is 1. The summed E-state index contributed by atoms with van der Waals surface area (Å²) in [5.41, 5.74) is 0.655. The number of methoxy groups -OCH3 is 1. The summed E-state index contributed by atoms with van der Waals surface area (Å²) in [7, 11) is 1.43. The Bertz CT molecular complexity index is 910. The second-order valence-corrected chi connectivity index (χ2v) is 9.03. The van der Waals surface area contributed by atoms with E-state index in [0.717, 1.165) is 36.9 Å². The van der Waals surface area contributed by atoms with Gasteiger partial charge in [-0.25, -0.2) is 4.79 Å². The number of ether oxygens (including phenoxy) is 1. The summed E-state index contributed by atoms with van der Waals surface area (Å²) in [5.74, 6) is 1.09. The van der Waals surface area contributed by atoms with Crippen LogP contribution in [0.2, 0.25) is 0 Å². The number of piperidine rings is 3. The average molecular weight is 441 g/mol. The van der Waals surface area contributed by atoms with Crippen LogP contribution in [-0.4, -0.2) is 70.7 Å². The average Bonchev–Trinajstić information content (AvgIpc) is 2.80. The van der Waals surface area contributed by atoms with Crippen molar-refractivity contribution < 1.29 is 24.5 Å². The van der Waals surface area contributed by atoms with Crippen LogP contribution in [0.4, 0.5) is 0 Å². The van der Waals surface area contributed by atoms with Gasteiger partial charge >= 0.3 is 5.97 Å². The maximum Gasteiger partial charge on any atom is 0.328 e. The molecule has 3 fully saturated rings. The number of benzene rings is 1. The lowest BCUT2D eigenvalue weighted by Crippen LogP contribution is -2.65. The second-order valence-electron chi connectivity index (χ2n) is 9.03. The van der Waals surface area contributed by atoms with Crippen molar-refractivity contribution in [3.05, 3.63) is 42.0 Å². The largest absolute Gasteiger partial charge is 0.504 e. The Hall–Kier alpha value is -2.80. The third-order valence-corrected chi connectivity index (χ3v) is 7.22. The van der Waals surface area contributed by atoms with Gasteiger partial charge in [0.15, 0.2) is 11.5 Å². The molecule has 0 spiro atoms. The highest BCUT2D eigenvalue weighted by Crippen LogP contribution is 2.43. The minimum atomic E-state index is -1.02. The molecule has 32 heavy (non-hydrogen) atoms. The highest BCUT2D eigenvalue weighted by atomic mass is 16.5. The van der Waals surface area contributed by atoms with Crippen molar-refractivity contribution in [2.24, 2.45) is 11.8 Å². The fraction of sp³-hybridized carbons (Fsp3) is 0.520. The first kappa shape index (κ1) is 22.4. The monoisotopic (exact) mass is 440 g/mol. The maximum atomic E-state index is 12.1. The molecule has 4 aliphatic heterocycles. The highest BCUT2D eigenvalue weighted by Gasteiger charge is 2.49. The molecule has 172 valence electrons. The molecule has 0 aliphatic carbocycles. The number of hydrogen-bond donors (Lipinski definition) is 2. The van der Waals surface area contributed by atoms with E-state index in [1.807, 2.05) is 0 Å². The summed E-state index contributed by atoms with van der Waals surface area (Å²) in [6.07, 6.45) is 12.7. The minimum absolute atomic E-state index is 0.0278. The molecule has 0 unspecified atom stereocenters. The molecular formula is C25H32N2O5. The molecule has 5 rings (SSSR count). The number of carboxylic acid groups (broad SMARTS) is 1. The lowest BCUT2D eigenvalue weighted by atomic mass is 9.68. The first-order valence-corrected chi connectivity index (χ1v) is 11.5. The SMILES string of the molecule is COc1cc(/C=C/C(=O)O)ccc1O.O=C1C=CC[C@@H]2[C@H]3CCCN4CCC[C@@H](CN12)[C@@H]34. The van der Waals surface area contributed by atoms with Gasteiger partial charge in [-0.1, -0.05) is 12.1 Å². The fourth-order valence-electron chi connectivity index (χ4n) is 5.92. The molecule has 1 amide bonds. The van der Waals surface area contributed by atoms with Gasteiger partial charge in [0.1, 0.15) is 0 Å². The molecule has 2 N–H and O–H groups in total. The number of phenolic OH excluding ortho intramolecular Hbond substituents is 1. The van der Waals surface area contributed by atoms with Crippen LogP contribution >= 0.6 is 0 Å². The predicted molar refractivity (Wildman–Crippen MR) is 121 cm³/mol. The number of aromatic hydroxyl groups is 1. The van der Waals surface area contributed by atoms with Gasteiger partial charge < -0.3 is 19.8 Å². The lowest BCUT2D eigenvalue weighted by Gasteiger charge is -2.57.